The number of nitrogens with one attached hydrogen (secondary N) is 1. The Hall–Kier alpha value is -4.06. The van der Waals surface area contributed by atoms with Crippen LogP contribution in [0, 0.1) is 11.3 Å². The first-order chi connectivity index (χ1) is 14.2. The third-order valence-corrected chi connectivity index (χ3v) is 4.88. The summed E-state index contributed by atoms with van der Waals surface area (Å²) in [6.07, 6.45) is 9.87. The highest BCUT2D eigenvalue weighted by molar-refractivity contribution is 5.92. The maximum Gasteiger partial charge on any atom is 0.234 e. The second kappa shape index (κ2) is 6.83. The summed E-state index contributed by atoms with van der Waals surface area (Å²) in [7, 11) is 0. The number of hydrogen-bond donors (Lipinski definition) is 1. The Bertz CT molecular complexity index is 1230. The van der Waals surface area contributed by atoms with Gasteiger partial charge in [0, 0.05) is 35.6 Å². The predicted octanol–water partition coefficient (Wildman–Crippen LogP) is 2.26. The number of nitrogens with zero attached hydrogens (tertiary/aromatic N) is 7. The lowest BCUT2D eigenvalue weighted by atomic mass is 10.2. The number of carbonyl (C=O) groups is 1. The van der Waals surface area contributed by atoms with E-state index in [9.17, 15) is 4.79 Å². The van der Waals surface area contributed by atoms with Crippen molar-refractivity contribution in [3.8, 4) is 17.3 Å². The van der Waals surface area contributed by atoms with Crippen LogP contribution in [-0.2, 0) is 11.3 Å². The molecule has 142 valence electrons. The third-order valence-electron chi connectivity index (χ3n) is 4.88. The third kappa shape index (κ3) is 3.21. The van der Waals surface area contributed by atoms with Gasteiger partial charge in [-0.15, -0.1) is 0 Å². The Kier molecular flexibility index (Phi) is 4.02. The molecule has 1 amide bonds. The topological polar surface area (TPSA) is 116 Å². The highest BCUT2D eigenvalue weighted by Crippen LogP contribution is 2.32. The minimum Gasteiger partial charge on any atom is -0.346 e. The molecule has 0 atom stereocenters. The highest BCUT2D eigenvalue weighted by atomic mass is 16.1. The summed E-state index contributed by atoms with van der Waals surface area (Å²) in [4.78, 5) is 29.5. The van der Waals surface area contributed by atoms with E-state index < -0.39 is 0 Å². The van der Waals surface area contributed by atoms with E-state index in [1.54, 1.807) is 28.0 Å². The Morgan fingerprint density at radius 1 is 1.28 bits per heavy atom. The molecule has 4 aromatic rings. The van der Waals surface area contributed by atoms with Crippen LogP contribution in [0.5, 0.6) is 0 Å². The first-order valence-electron chi connectivity index (χ1n) is 9.22. The molecular weight excluding hydrogens is 368 g/mol. The number of hydrogen-bond acceptors (Lipinski definition) is 6. The highest BCUT2D eigenvalue weighted by Gasteiger charge is 2.31. The van der Waals surface area contributed by atoms with Crippen molar-refractivity contribution in [1.29, 1.82) is 5.26 Å². The largest absolute Gasteiger partial charge is 0.346 e. The maximum atomic E-state index is 11.6. The molecule has 9 heteroatoms. The molecule has 29 heavy (non-hydrogen) atoms. The zero-order valence-electron chi connectivity index (χ0n) is 15.4. The zero-order chi connectivity index (χ0) is 19.8. The molecule has 1 aliphatic rings. The van der Waals surface area contributed by atoms with E-state index in [-0.39, 0.29) is 6.04 Å². The van der Waals surface area contributed by atoms with Gasteiger partial charge < -0.3 is 4.98 Å². The number of pyridine rings is 1. The van der Waals surface area contributed by atoms with Crippen molar-refractivity contribution in [1.82, 2.24) is 29.7 Å². The number of anilines is 1. The normalized spacial score (nSPS) is 13.3. The van der Waals surface area contributed by atoms with E-state index in [0.717, 1.165) is 41.5 Å². The summed E-state index contributed by atoms with van der Waals surface area (Å²) in [5, 5.41) is 14.2. The second-order valence-corrected chi connectivity index (χ2v) is 6.95. The summed E-state index contributed by atoms with van der Waals surface area (Å²) < 4.78 is 1.79. The van der Waals surface area contributed by atoms with Gasteiger partial charge in [0.2, 0.25) is 12.4 Å². The van der Waals surface area contributed by atoms with Crippen LogP contribution in [0.15, 0.2) is 43.0 Å². The maximum absolute atomic E-state index is 11.6. The van der Waals surface area contributed by atoms with Crippen molar-refractivity contribution in [2.45, 2.75) is 25.4 Å². The number of amides is 1. The Morgan fingerprint density at radius 3 is 2.90 bits per heavy atom. The van der Waals surface area contributed by atoms with E-state index in [2.05, 4.69) is 25.0 Å². The van der Waals surface area contributed by atoms with Crippen molar-refractivity contribution < 1.29 is 4.79 Å². The van der Waals surface area contributed by atoms with Gasteiger partial charge in [0.25, 0.3) is 0 Å². The van der Waals surface area contributed by atoms with Gasteiger partial charge in [-0.2, -0.15) is 15.3 Å². The molecule has 4 aromatic heterocycles. The predicted molar refractivity (Wildman–Crippen MR) is 105 cm³/mol. The van der Waals surface area contributed by atoms with Gasteiger partial charge in [-0.1, -0.05) is 6.07 Å². The van der Waals surface area contributed by atoms with Gasteiger partial charge in [-0.25, -0.2) is 9.97 Å². The molecule has 0 bridgehead atoms. The lowest BCUT2D eigenvalue weighted by Crippen LogP contribution is -2.25. The number of nitriles is 1. The summed E-state index contributed by atoms with van der Waals surface area (Å²) >= 11 is 0. The van der Waals surface area contributed by atoms with Crippen LogP contribution in [0.4, 0.5) is 5.95 Å². The van der Waals surface area contributed by atoms with Crippen molar-refractivity contribution >= 4 is 23.4 Å². The van der Waals surface area contributed by atoms with Crippen molar-refractivity contribution in [3.63, 3.8) is 0 Å². The van der Waals surface area contributed by atoms with E-state index in [1.165, 1.54) is 0 Å². The van der Waals surface area contributed by atoms with Gasteiger partial charge in [-0.3, -0.25) is 14.4 Å². The van der Waals surface area contributed by atoms with Crippen LogP contribution in [0.1, 0.15) is 24.1 Å². The molecule has 0 aromatic carbocycles. The summed E-state index contributed by atoms with van der Waals surface area (Å²) in [5.41, 5.74) is 3.56. The quantitative estimate of drug-likeness (QED) is 0.510. The fourth-order valence-corrected chi connectivity index (χ4v) is 3.26. The van der Waals surface area contributed by atoms with Gasteiger partial charge >= 0.3 is 0 Å². The number of fused-ring (bicyclic) bond motifs is 1. The van der Waals surface area contributed by atoms with Gasteiger partial charge in [0.15, 0.2) is 0 Å². The molecular formula is C20H16N8O. The molecule has 9 nitrogen and oxygen atoms in total. The minimum atomic E-state index is 0.180. The van der Waals surface area contributed by atoms with Crippen molar-refractivity contribution in [3.05, 3.63) is 54.2 Å². The van der Waals surface area contributed by atoms with E-state index >= 15 is 0 Å². The first-order valence-corrected chi connectivity index (χ1v) is 9.22. The molecule has 0 radical (unpaired) electrons. The second-order valence-electron chi connectivity index (χ2n) is 6.95. The fraction of sp³-hybridized carbons (Fsp3) is 0.200. The zero-order valence-corrected chi connectivity index (χ0v) is 15.4. The molecule has 0 unspecified atom stereocenters. The SMILES string of the molecule is N#Cc1ccc(Cn2cc(-c3nc(N(C=O)C4CC4)nc4[nH]ccc34)cn2)cn1. The number of aromatic nitrogens is 6. The Balaban J connectivity index is 1.49. The number of H-pyrrole nitrogens is 1. The summed E-state index contributed by atoms with van der Waals surface area (Å²) in [6.45, 7) is 0.523. The molecule has 1 saturated carbocycles. The van der Waals surface area contributed by atoms with Crippen LogP contribution < -0.4 is 4.90 Å². The molecule has 4 heterocycles. The van der Waals surface area contributed by atoms with Crippen LogP contribution in [0.2, 0.25) is 0 Å². The van der Waals surface area contributed by atoms with Gasteiger partial charge in [-0.05, 0) is 30.5 Å². The Labute approximate surface area is 165 Å². The van der Waals surface area contributed by atoms with E-state index in [4.69, 9.17) is 5.26 Å². The van der Waals surface area contributed by atoms with Crippen molar-refractivity contribution in [2.75, 3.05) is 4.90 Å². The molecule has 1 fully saturated rings. The van der Waals surface area contributed by atoms with Gasteiger partial charge in [0.1, 0.15) is 17.4 Å². The molecule has 0 aliphatic heterocycles. The summed E-state index contributed by atoms with van der Waals surface area (Å²) in [5.74, 6) is 0.400. The van der Waals surface area contributed by atoms with Crippen LogP contribution in [0.3, 0.4) is 0 Å². The molecule has 1 N–H and O–H groups in total. The monoisotopic (exact) mass is 384 g/mol. The van der Waals surface area contributed by atoms with E-state index in [0.29, 0.717) is 23.8 Å². The molecule has 0 saturated heterocycles. The molecule has 1 aliphatic carbocycles. The van der Waals surface area contributed by atoms with Crippen LogP contribution in [-0.4, -0.2) is 42.2 Å². The standard InChI is InChI=1S/C20H16N8O/c21-7-15-2-1-13(8-23-15)10-27-11-14(9-24-27)18-17-5-6-22-19(17)26-20(25-18)28(12-29)16-3-4-16/h1-2,5-6,8-9,11-12,16H,3-4,10H2,(H,22,25,26). The minimum absolute atomic E-state index is 0.180. The smallest absolute Gasteiger partial charge is 0.234 e. The number of aromatic amines is 1. The van der Waals surface area contributed by atoms with Crippen LogP contribution in [0.25, 0.3) is 22.3 Å². The molecule has 0 spiro atoms. The fourth-order valence-electron chi connectivity index (χ4n) is 3.26. The Morgan fingerprint density at radius 2 is 2.17 bits per heavy atom. The van der Waals surface area contributed by atoms with Gasteiger partial charge in [0.05, 0.1) is 18.4 Å². The van der Waals surface area contributed by atoms with Crippen molar-refractivity contribution in [2.24, 2.45) is 0 Å². The lowest BCUT2D eigenvalue weighted by Gasteiger charge is -2.15. The molecule has 5 rings (SSSR count). The van der Waals surface area contributed by atoms with Crippen LogP contribution >= 0.6 is 0 Å². The average molecular weight is 384 g/mol. The lowest BCUT2D eigenvalue weighted by molar-refractivity contribution is -0.107. The number of carbonyl (C=O) groups excluding carboxylic acids is 1. The number of rotatable bonds is 6. The summed E-state index contributed by atoms with van der Waals surface area (Å²) in [6, 6.07) is 7.65. The average Bonchev–Trinajstić information content (AvgIpc) is 3.27. The van der Waals surface area contributed by atoms with E-state index in [1.807, 2.05) is 30.6 Å². The first kappa shape index (κ1) is 17.1.